The third-order valence-electron chi connectivity index (χ3n) is 2.98. The van der Waals surface area contributed by atoms with E-state index < -0.39 is 53.4 Å². The Morgan fingerprint density at radius 1 is 1.05 bits per heavy atom. The average molecular weight is 328 g/mol. The molecule has 0 bridgehead atoms. The highest BCUT2D eigenvalue weighted by atomic mass is 19.4. The second-order valence-electron chi connectivity index (χ2n) is 4.46. The molecular formula is C14H14F6O2. The maximum atomic E-state index is 13.2. The van der Waals surface area contributed by atoms with Gasteiger partial charge in [-0.3, -0.25) is 4.79 Å². The van der Waals surface area contributed by atoms with Crippen LogP contribution in [0.4, 0.5) is 26.3 Å². The Labute approximate surface area is 123 Å². The zero-order valence-corrected chi connectivity index (χ0v) is 11.9. The number of hydrogen-bond acceptors (Lipinski definition) is 2. The lowest BCUT2D eigenvalue weighted by Crippen LogP contribution is -2.20. The van der Waals surface area contributed by atoms with Crippen LogP contribution >= 0.6 is 0 Å². The molecule has 0 radical (unpaired) electrons. The normalized spacial score (nSPS) is 12.4. The minimum atomic E-state index is -4.99. The van der Waals surface area contributed by atoms with Crippen molar-refractivity contribution >= 4 is 5.97 Å². The van der Waals surface area contributed by atoms with Crippen LogP contribution in [0.15, 0.2) is 12.1 Å². The molecule has 0 unspecified atom stereocenters. The molecule has 0 N–H and O–H groups in total. The summed E-state index contributed by atoms with van der Waals surface area (Å²) in [5, 5.41) is 0. The van der Waals surface area contributed by atoms with Crippen molar-refractivity contribution in [3.63, 3.8) is 0 Å². The molecule has 0 saturated carbocycles. The largest absolute Gasteiger partial charge is 0.466 e. The second-order valence-corrected chi connectivity index (χ2v) is 4.46. The first-order chi connectivity index (χ1) is 10.0. The summed E-state index contributed by atoms with van der Waals surface area (Å²) in [6, 6.07) is 1.25. The van der Waals surface area contributed by atoms with Gasteiger partial charge < -0.3 is 4.74 Å². The molecule has 0 spiro atoms. The van der Waals surface area contributed by atoms with Gasteiger partial charge in [0.1, 0.15) is 0 Å². The van der Waals surface area contributed by atoms with Crippen LogP contribution in [-0.4, -0.2) is 12.6 Å². The number of esters is 1. The highest BCUT2D eigenvalue weighted by Crippen LogP contribution is 2.41. The number of carbonyl (C=O) groups is 1. The van der Waals surface area contributed by atoms with Gasteiger partial charge in [0, 0.05) is 0 Å². The first kappa shape index (κ1) is 18.3. The van der Waals surface area contributed by atoms with Gasteiger partial charge in [0.15, 0.2) is 0 Å². The minimum Gasteiger partial charge on any atom is -0.466 e. The Bertz CT molecular complexity index is 545. The molecule has 0 atom stereocenters. The fourth-order valence-electron chi connectivity index (χ4n) is 2.20. The van der Waals surface area contributed by atoms with Gasteiger partial charge in [-0.25, -0.2) is 0 Å². The fraction of sp³-hybridized carbons (Fsp3) is 0.500. The second kappa shape index (κ2) is 6.58. The molecule has 0 aliphatic rings. The van der Waals surface area contributed by atoms with Gasteiger partial charge in [0.2, 0.25) is 0 Å². The van der Waals surface area contributed by atoms with Crippen molar-refractivity contribution in [2.75, 3.05) is 6.61 Å². The molecule has 1 rings (SSSR count). The van der Waals surface area contributed by atoms with Gasteiger partial charge in [-0.1, -0.05) is 13.0 Å². The number of carbonyl (C=O) groups excluding carboxylic acids is 1. The monoisotopic (exact) mass is 328 g/mol. The third kappa shape index (κ3) is 4.14. The van der Waals surface area contributed by atoms with Crippen molar-refractivity contribution in [1.82, 2.24) is 0 Å². The van der Waals surface area contributed by atoms with Crippen molar-refractivity contribution < 1.29 is 35.9 Å². The van der Waals surface area contributed by atoms with Crippen LogP contribution in [0.3, 0.4) is 0 Å². The van der Waals surface area contributed by atoms with E-state index in [9.17, 15) is 31.1 Å². The SMILES string of the molecule is CCOC(=O)Cc1ccc(C(F)(F)F)c(CC)c1C(F)(F)F. The van der Waals surface area contributed by atoms with Crippen molar-refractivity contribution in [1.29, 1.82) is 0 Å². The Hall–Kier alpha value is -1.73. The van der Waals surface area contributed by atoms with Crippen LogP contribution in [0.1, 0.15) is 36.1 Å². The van der Waals surface area contributed by atoms with Gasteiger partial charge in [-0.2, -0.15) is 26.3 Å². The number of halogens is 6. The lowest BCUT2D eigenvalue weighted by Gasteiger charge is -2.21. The summed E-state index contributed by atoms with van der Waals surface area (Å²) in [5.41, 5.74) is -4.12. The van der Waals surface area contributed by atoms with Crippen LogP contribution in [0.25, 0.3) is 0 Å². The van der Waals surface area contributed by atoms with Crippen molar-refractivity contribution in [2.24, 2.45) is 0 Å². The quantitative estimate of drug-likeness (QED) is 0.605. The summed E-state index contributed by atoms with van der Waals surface area (Å²) >= 11 is 0. The van der Waals surface area contributed by atoms with E-state index in [4.69, 9.17) is 0 Å². The highest BCUT2D eigenvalue weighted by molar-refractivity contribution is 5.73. The number of benzene rings is 1. The van der Waals surface area contributed by atoms with Crippen molar-refractivity contribution in [3.8, 4) is 0 Å². The molecule has 1 aromatic rings. The van der Waals surface area contributed by atoms with Crippen molar-refractivity contribution in [2.45, 2.75) is 39.0 Å². The van der Waals surface area contributed by atoms with Crippen molar-refractivity contribution in [3.05, 3.63) is 34.4 Å². The Morgan fingerprint density at radius 3 is 2.05 bits per heavy atom. The predicted molar refractivity (Wildman–Crippen MR) is 66.2 cm³/mol. The Morgan fingerprint density at radius 2 is 1.64 bits per heavy atom. The predicted octanol–water partition coefficient (Wildman–Crippen LogP) is 4.39. The van der Waals surface area contributed by atoms with E-state index in [1.54, 1.807) is 0 Å². The summed E-state index contributed by atoms with van der Waals surface area (Å²) in [6.07, 6.45) is -11.1. The molecule has 0 aliphatic carbocycles. The standard InChI is InChI=1S/C14H14F6O2/c1-3-9-10(13(15,16)17)6-5-8(7-11(21)22-4-2)12(9)14(18,19)20/h5-6H,3-4,7H2,1-2H3. The van der Waals surface area contributed by atoms with Gasteiger partial charge in [-0.05, 0) is 30.5 Å². The van der Waals surface area contributed by atoms with Gasteiger partial charge >= 0.3 is 18.3 Å². The first-order valence-corrected chi connectivity index (χ1v) is 6.47. The summed E-state index contributed by atoms with van der Waals surface area (Å²) in [6.45, 7) is 2.65. The zero-order valence-electron chi connectivity index (χ0n) is 11.9. The third-order valence-corrected chi connectivity index (χ3v) is 2.98. The van der Waals surface area contributed by atoms with E-state index >= 15 is 0 Å². The summed E-state index contributed by atoms with van der Waals surface area (Å²) in [4.78, 5) is 11.4. The molecule has 0 aromatic heterocycles. The zero-order chi connectivity index (χ0) is 17.1. The smallest absolute Gasteiger partial charge is 0.416 e. The van der Waals surface area contributed by atoms with E-state index in [-0.39, 0.29) is 6.61 Å². The van der Waals surface area contributed by atoms with Gasteiger partial charge in [0.05, 0.1) is 24.2 Å². The summed E-state index contributed by atoms with van der Waals surface area (Å²) < 4.78 is 82.7. The van der Waals surface area contributed by atoms with E-state index in [1.807, 2.05) is 0 Å². The molecule has 2 nitrogen and oxygen atoms in total. The van der Waals surface area contributed by atoms with Gasteiger partial charge in [0.25, 0.3) is 0 Å². The molecule has 0 amide bonds. The molecular weight excluding hydrogens is 314 g/mol. The molecule has 8 heteroatoms. The van der Waals surface area contributed by atoms with Crippen LogP contribution < -0.4 is 0 Å². The number of alkyl halides is 6. The van der Waals surface area contributed by atoms with Crippen LogP contribution in [0.2, 0.25) is 0 Å². The molecule has 0 heterocycles. The maximum absolute atomic E-state index is 13.2. The van der Waals surface area contributed by atoms with Crippen LogP contribution in [-0.2, 0) is 34.7 Å². The molecule has 1 aromatic carbocycles. The molecule has 22 heavy (non-hydrogen) atoms. The number of hydrogen-bond donors (Lipinski definition) is 0. The lowest BCUT2D eigenvalue weighted by atomic mass is 9.92. The highest BCUT2D eigenvalue weighted by Gasteiger charge is 2.42. The van der Waals surface area contributed by atoms with E-state index in [0.717, 1.165) is 0 Å². The lowest BCUT2D eigenvalue weighted by molar-refractivity contribution is -0.145. The van der Waals surface area contributed by atoms with E-state index in [1.165, 1.54) is 13.8 Å². The molecule has 124 valence electrons. The van der Waals surface area contributed by atoms with Gasteiger partial charge in [-0.15, -0.1) is 0 Å². The maximum Gasteiger partial charge on any atom is 0.416 e. The van der Waals surface area contributed by atoms with E-state index in [0.29, 0.717) is 12.1 Å². The first-order valence-electron chi connectivity index (χ1n) is 6.47. The number of rotatable bonds is 4. The molecule has 0 fully saturated rings. The Balaban J connectivity index is 3.50. The minimum absolute atomic E-state index is 0.0263. The van der Waals surface area contributed by atoms with Crippen LogP contribution in [0.5, 0.6) is 0 Å². The molecule has 0 saturated heterocycles. The Kier molecular flexibility index (Phi) is 5.48. The number of ether oxygens (including phenoxy) is 1. The van der Waals surface area contributed by atoms with E-state index in [2.05, 4.69) is 4.74 Å². The van der Waals surface area contributed by atoms with Crippen LogP contribution in [0, 0.1) is 0 Å². The molecule has 0 aliphatic heterocycles. The fourth-order valence-corrected chi connectivity index (χ4v) is 2.20. The average Bonchev–Trinajstić information content (AvgIpc) is 2.35. The summed E-state index contributed by atoms with van der Waals surface area (Å²) in [7, 11) is 0. The summed E-state index contributed by atoms with van der Waals surface area (Å²) in [5.74, 6) is -0.921. The topological polar surface area (TPSA) is 26.3 Å².